The van der Waals surface area contributed by atoms with Gasteiger partial charge in [-0.25, -0.2) is 9.18 Å². The Labute approximate surface area is 114 Å². The third kappa shape index (κ3) is 3.93. The molecule has 19 heavy (non-hydrogen) atoms. The molecule has 1 aromatic carbocycles. The Morgan fingerprint density at radius 2 is 2.21 bits per heavy atom. The standard InChI is InChI=1S/C13H11ClFN3O/c14-11-4-3-10(6-12(11)15)18-13(19)17-8-9-2-1-5-16-7-9/h1-7H,8H2,(H2,17,18,19). The number of amides is 2. The van der Waals surface area contributed by atoms with Gasteiger partial charge >= 0.3 is 6.03 Å². The van der Waals surface area contributed by atoms with E-state index < -0.39 is 11.8 Å². The average Bonchev–Trinajstić information content (AvgIpc) is 2.42. The first-order valence-corrected chi connectivity index (χ1v) is 5.92. The van der Waals surface area contributed by atoms with E-state index >= 15 is 0 Å². The number of nitrogens with one attached hydrogen (secondary N) is 2. The lowest BCUT2D eigenvalue weighted by Crippen LogP contribution is -2.28. The lowest BCUT2D eigenvalue weighted by Gasteiger charge is -2.07. The Hall–Kier alpha value is -2.14. The zero-order valence-corrected chi connectivity index (χ0v) is 10.6. The monoisotopic (exact) mass is 279 g/mol. The van der Waals surface area contributed by atoms with E-state index in [2.05, 4.69) is 15.6 Å². The molecular weight excluding hydrogens is 269 g/mol. The fourth-order valence-corrected chi connectivity index (χ4v) is 1.55. The van der Waals surface area contributed by atoms with Crippen LogP contribution in [0, 0.1) is 5.82 Å². The summed E-state index contributed by atoms with van der Waals surface area (Å²) in [6.07, 6.45) is 3.31. The van der Waals surface area contributed by atoms with Crippen molar-refractivity contribution in [3.05, 3.63) is 59.1 Å². The second kappa shape index (κ2) is 6.15. The first kappa shape index (κ1) is 13.3. The van der Waals surface area contributed by atoms with Crippen molar-refractivity contribution in [2.75, 3.05) is 5.32 Å². The molecule has 98 valence electrons. The second-order valence-corrected chi connectivity index (χ2v) is 4.21. The smallest absolute Gasteiger partial charge is 0.319 e. The minimum Gasteiger partial charge on any atom is -0.334 e. The van der Waals surface area contributed by atoms with Gasteiger partial charge < -0.3 is 10.6 Å². The molecule has 0 aliphatic heterocycles. The Kier molecular flexibility index (Phi) is 4.30. The molecule has 0 radical (unpaired) electrons. The Balaban J connectivity index is 1.89. The fraction of sp³-hybridized carbons (Fsp3) is 0.0769. The van der Waals surface area contributed by atoms with E-state index in [1.807, 2.05) is 6.07 Å². The number of pyridine rings is 1. The lowest BCUT2D eigenvalue weighted by molar-refractivity contribution is 0.251. The number of hydrogen-bond acceptors (Lipinski definition) is 2. The van der Waals surface area contributed by atoms with Crippen LogP contribution in [0.15, 0.2) is 42.7 Å². The van der Waals surface area contributed by atoms with E-state index in [9.17, 15) is 9.18 Å². The molecule has 2 N–H and O–H groups in total. The first-order valence-electron chi connectivity index (χ1n) is 5.54. The van der Waals surface area contributed by atoms with Crippen molar-refractivity contribution in [3.63, 3.8) is 0 Å². The fourth-order valence-electron chi connectivity index (χ4n) is 1.43. The van der Waals surface area contributed by atoms with Crippen LogP contribution in [0.2, 0.25) is 5.02 Å². The Bertz CT molecular complexity index is 577. The van der Waals surface area contributed by atoms with E-state index in [0.29, 0.717) is 12.2 Å². The summed E-state index contributed by atoms with van der Waals surface area (Å²) < 4.78 is 13.2. The van der Waals surface area contributed by atoms with Gasteiger partial charge in [0.15, 0.2) is 0 Å². The highest BCUT2D eigenvalue weighted by molar-refractivity contribution is 6.30. The first-order chi connectivity index (χ1) is 9.15. The molecule has 4 nitrogen and oxygen atoms in total. The molecule has 0 unspecified atom stereocenters. The van der Waals surface area contributed by atoms with Gasteiger partial charge in [0.2, 0.25) is 0 Å². The topological polar surface area (TPSA) is 54.0 Å². The van der Waals surface area contributed by atoms with Crippen molar-refractivity contribution in [3.8, 4) is 0 Å². The molecule has 0 aliphatic carbocycles. The van der Waals surface area contributed by atoms with Gasteiger partial charge in [-0.05, 0) is 29.8 Å². The summed E-state index contributed by atoms with van der Waals surface area (Å²) in [6, 6.07) is 7.26. The molecular formula is C13H11ClFN3O. The van der Waals surface area contributed by atoms with Gasteiger partial charge in [0, 0.05) is 24.6 Å². The van der Waals surface area contributed by atoms with E-state index in [1.165, 1.54) is 12.1 Å². The van der Waals surface area contributed by atoms with Crippen molar-refractivity contribution < 1.29 is 9.18 Å². The molecule has 0 spiro atoms. The molecule has 0 atom stereocenters. The van der Waals surface area contributed by atoms with Crippen LogP contribution in [0.3, 0.4) is 0 Å². The van der Waals surface area contributed by atoms with Gasteiger partial charge in [-0.3, -0.25) is 4.98 Å². The van der Waals surface area contributed by atoms with Gasteiger partial charge in [0.05, 0.1) is 5.02 Å². The molecule has 0 saturated carbocycles. The van der Waals surface area contributed by atoms with Crippen LogP contribution in [0.25, 0.3) is 0 Å². The molecule has 1 aromatic heterocycles. The molecule has 0 aliphatic rings. The molecule has 6 heteroatoms. The molecule has 0 saturated heterocycles. The van der Waals surface area contributed by atoms with E-state index in [1.54, 1.807) is 18.5 Å². The number of carbonyl (C=O) groups is 1. The maximum absolute atomic E-state index is 13.2. The number of urea groups is 1. The van der Waals surface area contributed by atoms with Crippen LogP contribution in [0.4, 0.5) is 14.9 Å². The van der Waals surface area contributed by atoms with Gasteiger partial charge in [0.25, 0.3) is 0 Å². The zero-order chi connectivity index (χ0) is 13.7. The van der Waals surface area contributed by atoms with Crippen LogP contribution in [0.1, 0.15) is 5.56 Å². The average molecular weight is 280 g/mol. The number of nitrogens with zero attached hydrogens (tertiary/aromatic N) is 1. The molecule has 0 bridgehead atoms. The Morgan fingerprint density at radius 3 is 2.89 bits per heavy atom. The number of benzene rings is 1. The second-order valence-electron chi connectivity index (χ2n) is 3.80. The highest BCUT2D eigenvalue weighted by Crippen LogP contribution is 2.18. The number of hydrogen-bond donors (Lipinski definition) is 2. The van der Waals surface area contributed by atoms with E-state index in [4.69, 9.17) is 11.6 Å². The van der Waals surface area contributed by atoms with Gasteiger partial charge in [0.1, 0.15) is 5.82 Å². The van der Waals surface area contributed by atoms with Crippen molar-refractivity contribution in [1.82, 2.24) is 10.3 Å². The summed E-state index contributed by atoms with van der Waals surface area (Å²) >= 11 is 5.55. The summed E-state index contributed by atoms with van der Waals surface area (Å²) in [4.78, 5) is 15.5. The van der Waals surface area contributed by atoms with Gasteiger partial charge in [-0.1, -0.05) is 17.7 Å². The minimum absolute atomic E-state index is 0.0151. The quantitative estimate of drug-likeness (QED) is 0.906. The lowest BCUT2D eigenvalue weighted by atomic mass is 10.3. The third-order valence-electron chi connectivity index (χ3n) is 2.35. The highest BCUT2D eigenvalue weighted by atomic mass is 35.5. The highest BCUT2D eigenvalue weighted by Gasteiger charge is 2.04. The number of aromatic nitrogens is 1. The predicted octanol–water partition coefficient (Wildman–Crippen LogP) is 3.20. The SMILES string of the molecule is O=C(NCc1cccnc1)Nc1ccc(Cl)c(F)c1. The van der Waals surface area contributed by atoms with Gasteiger partial charge in [-0.2, -0.15) is 0 Å². The number of carbonyl (C=O) groups excluding carboxylic acids is 1. The van der Waals surface area contributed by atoms with Gasteiger partial charge in [-0.15, -0.1) is 0 Å². The number of rotatable bonds is 3. The molecule has 2 aromatic rings. The summed E-state index contributed by atoms with van der Waals surface area (Å²) in [6.45, 7) is 0.343. The zero-order valence-electron chi connectivity index (χ0n) is 9.86. The summed E-state index contributed by atoms with van der Waals surface area (Å²) in [5.74, 6) is -0.577. The molecule has 2 amide bonds. The van der Waals surface area contributed by atoms with Crippen LogP contribution >= 0.6 is 11.6 Å². The normalized spacial score (nSPS) is 10.0. The largest absolute Gasteiger partial charge is 0.334 e. The third-order valence-corrected chi connectivity index (χ3v) is 2.66. The minimum atomic E-state index is -0.577. The van der Waals surface area contributed by atoms with Crippen LogP contribution < -0.4 is 10.6 Å². The summed E-state index contributed by atoms with van der Waals surface area (Å²) in [5, 5.41) is 5.16. The van der Waals surface area contributed by atoms with Crippen molar-refractivity contribution in [2.24, 2.45) is 0 Å². The maximum atomic E-state index is 13.2. The number of halogens is 2. The van der Waals surface area contributed by atoms with Crippen molar-refractivity contribution >= 4 is 23.3 Å². The molecule has 1 heterocycles. The van der Waals surface area contributed by atoms with E-state index in [-0.39, 0.29) is 5.02 Å². The van der Waals surface area contributed by atoms with Crippen LogP contribution in [-0.2, 0) is 6.54 Å². The van der Waals surface area contributed by atoms with Crippen molar-refractivity contribution in [2.45, 2.75) is 6.54 Å². The molecule has 2 rings (SSSR count). The van der Waals surface area contributed by atoms with Crippen molar-refractivity contribution in [1.29, 1.82) is 0 Å². The van der Waals surface area contributed by atoms with E-state index in [0.717, 1.165) is 11.6 Å². The maximum Gasteiger partial charge on any atom is 0.319 e. The summed E-state index contributed by atoms with van der Waals surface area (Å²) in [7, 11) is 0. The number of anilines is 1. The van der Waals surface area contributed by atoms with Crippen LogP contribution in [0.5, 0.6) is 0 Å². The molecule has 0 fully saturated rings. The van der Waals surface area contributed by atoms with Crippen LogP contribution in [-0.4, -0.2) is 11.0 Å². The Morgan fingerprint density at radius 1 is 1.37 bits per heavy atom. The summed E-state index contributed by atoms with van der Waals surface area (Å²) in [5.41, 5.74) is 1.21. The predicted molar refractivity (Wildman–Crippen MR) is 71.5 cm³/mol.